The Kier molecular flexibility index (Phi) is 7.90. The molecule has 0 bridgehead atoms. The minimum Gasteiger partial charge on any atom is -0.466 e. The second-order valence-electron chi connectivity index (χ2n) is 4.15. The molecule has 1 aromatic heterocycles. The van der Waals surface area contributed by atoms with Crippen LogP contribution in [-0.2, 0) is 16.0 Å². The number of esters is 1. The first-order valence-corrected chi connectivity index (χ1v) is 8.82. The van der Waals surface area contributed by atoms with E-state index in [2.05, 4.69) is 23.5 Å². The molecule has 0 radical (unpaired) electrons. The van der Waals surface area contributed by atoms with Crippen LogP contribution in [0.15, 0.2) is 5.38 Å². The van der Waals surface area contributed by atoms with Crippen molar-refractivity contribution >= 4 is 34.2 Å². The van der Waals surface area contributed by atoms with E-state index in [1.807, 2.05) is 24.1 Å². The molecular weight excluding hydrogens is 280 g/mol. The molecule has 0 aromatic carbocycles. The summed E-state index contributed by atoms with van der Waals surface area (Å²) in [6.07, 6.45) is 4.24. The lowest BCUT2D eigenvalue weighted by Crippen LogP contribution is -2.20. The van der Waals surface area contributed by atoms with Gasteiger partial charge in [-0.05, 0) is 19.6 Å². The van der Waals surface area contributed by atoms with E-state index in [0.717, 1.165) is 23.0 Å². The number of hydrogen-bond donors (Lipinski definition) is 1. The number of thioether (sulfide) groups is 1. The topological polar surface area (TPSA) is 51.2 Å². The molecule has 4 nitrogen and oxygen atoms in total. The third-order valence-corrected chi connectivity index (χ3v) is 4.19. The smallest absolute Gasteiger partial charge is 0.306 e. The Balaban J connectivity index is 2.41. The standard InChI is InChI=1S/C13H22N2O2S2/c1-4-10(8-18-3)14-13-15-11(9-19-13)6-7-12(16)17-5-2/h9-10H,4-8H2,1-3H3,(H,14,15). The molecule has 1 heterocycles. The number of nitrogens with zero attached hydrogens (tertiary/aromatic N) is 1. The van der Waals surface area contributed by atoms with Crippen molar-refractivity contribution in [1.29, 1.82) is 0 Å². The maximum Gasteiger partial charge on any atom is 0.306 e. The monoisotopic (exact) mass is 302 g/mol. The Morgan fingerprint density at radius 1 is 1.58 bits per heavy atom. The SMILES string of the molecule is CCOC(=O)CCc1csc(NC(CC)CSC)n1. The molecule has 0 spiro atoms. The van der Waals surface area contributed by atoms with E-state index in [-0.39, 0.29) is 5.97 Å². The summed E-state index contributed by atoms with van der Waals surface area (Å²) < 4.78 is 4.90. The number of carbonyl (C=O) groups is 1. The normalized spacial score (nSPS) is 12.2. The van der Waals surface area contributed by atoms with Crippen LogP contribution in [0.1, 0.15) is 32.4 Å². The molecule has 1 rings (SSSR count). The van der Waals surface area contributed by atoms with Crippen LogP contribution in [0.25, 0.3) is 0 Å². The number of rotatable bonds is 9. The number of ether oxygens (including phenoxy) is 1. The Hall–Kier alpha value is -0.750. The predicted octanol–water partition coefficient (Wildman–Crippen LogP) is 3.19. The van der Waals surface area contributed by atoms with Crippen LogP contribution < -0.4 is 5.32 Å². The van der Waals surface area contributed by atoms with Crippen molar-refractivity contribution in [2.24, 2.45) is 0 Å². The van der Waals surface area contributed by atoms with Crippen molar-refractivity contribution in [3.05, 3.63) is 11.1 Å². The molecule has 0 aliphatic heterocycles. The minimum absolute atomic E-state index is 0.154. The molecule has 0 amide bonds. The number of thiazole rings is 1. The number of hydrogen-bond acceptors (Lipinski definition) is 6. The zero-order chi connectivity index (χ0) is 14.1. The third kappa shape index (κ3) is 6.29. The van der Waals surface area contributed by atoms with Gasteiger partial charge in [0.2, 0.25) is 0 Å². The van der Waals surface area contributed by atoms with E-state index in [4.69, 9.17) is 4.74 Å². The molecule has 0 saturated carbocycles. The average molecular weight is 302 g/mol. The quantitative estimate of drug-likeness (QED) is 0.710. The van der Waals surface area contributed by atoms with E-state index in [9.17, 15) is 4.79 Å². The van der Waals surface area contributed by atoms with Crippen LogP contribution in [0, 0.1) is 0 Å². The van der Waals surface area contributed by atoms with Gasteiger partial charge in [-0.3, -0.25) is 4.79 Å². The Morgan fingerprint density at radius 3 is 3.00 bits per heavy atom. The van der Waals surface area contributed by atoms with Gasteiger partial charge in [-0.2, -0.15) is 11.8 Å². The molecule has 108 valence electrons. The van der Waals surface area contributed by atoms with Crippen molar-refractivity contribution < 1.29 is 9.53 Å². The highest BCUT2D eigenvalue weighted by atomic mass is 32.2. The zero-order valence-corrected chi connectivity index (χ0v) is 13.4. The van der Waals surface area contributed by atoms with E-state index < -0.39 is 0 Å². The number of nitrogens with one attached hydrogen (secondary N) is 1. The minimum atomic E-state index is -0.154. The van der Waals surface area contributed by atoms with Gasteiger partial charge in [-0.15, -0.1) is 11.3 Å². The summed E-state index contributed by atoms with van der Waals surface area (Å²) in [7, 11) is 0. The highest BCUT2D eigenvalue weighted by molar-refractivity contribution is 7.98. The van der Waals surface area contributed by atoms with Gasteiger partial charge >= 0.3 is 5.97 Å². The number of aromatic nitrogens is 1. The average Bonchev–Trinajstić information content (AvgIpc) is 2.84. The van der Waals surface area contributed by atoms with Gasteiger partial charge < -0.3 is 10.1 Å². The van der Waals surface area contributed by atoms with Gasteiger partial charge in [-0.1, -0.05) is 6.92 Å². The third-order valence-electron chi connectivity index (χ3n) is 2.63. The van der Waals surface area contributed by atoms with Crippen molar-refractivity contribution in [2.45, 2.75) is 39.2 Å². The van der Waals surface area contributed by atoms with Gasteiger partial charge in [0.15, 0.2) is 5.13 Å². The first-order valence-electron chi connectivity index (χ1n) is 6.55. The van der Waals surface area contributed by atoms with Crippen molar-refractivity contribution in [3.63, 3.8) is 0 Å². The summed E-state index contributed by atoms with van der Waals surface area (Å²) in [5.41, 5.74) is 0.958. The molecule has 1 unspecified atom stereocenters. The molecule has 1 aromatic rings. The van der Waals surface area contributed by atoms with Crippen molar-refractivity contribution in [1.82, 2.24) is 4.98 Å². The molecule has 1 N–H and O–H groups in total. The number of carbonyl (C=O) groups excluding carboxylic acids is 1. The van der Waals surface area contributed by atoms with Crippen molar-refractivity contribution in [3.8, 4) is 0 Å². The Morgan fingerprint density at radius 2 is 2.37 bits per heavy atom. The van der Waals surface area contributed by atoms with Gasteiger partial charge in [0.05, 0.1) is 18.7 Å². The van der Waals surface area contributed by atoms with E-state index in [0.29, 0.717) is 25.5 Å². The largest absolute Gasteiger partial charge is 0.466 e. The Bertz CT molecular complexity index is 382. The fourth-order valence-electron chi connectivity index (χ4n) is 1.59. The van der Waals surface area contributed by atoms with Crippen LogP contribution in [0.4, 0.5) is 5.13 Å². The maximum atomic E-state index is 11.3. The summed E-state index contributed by atoms with van der Waals surface area (Å²) in [6.45, 7) is 4.43. The van der Waals surface area contributed by atoms with Crippen LogP contribution in [0.2, 0.25) is 0 Å². The molecule has 0 aliphatic carbocycles. The van der Waals surface area contributed by atoms with Crippen LogP contribution in [0.5, 0.6) is 0 Å². The predicted molar refractivity (Wildman–Crippen MR) is 83.2 cm³/mol. The first-order chi connectivity index (χ1) is 9.19. The summed E-state index contributed by atoms with van der Waals surface area (Å²) in [5.74, 6) is 0.924. The van der Waals surface area contributed by atoms with Crippen LogP contribution in [-0.4, -0.2) is 35.6 Å². The van der Waals surface area contributed by atoms with Crippen LogP contribution >= 0.6 is 23.1 Å². The number of anilines is 1. The molecule has 0 aliphatic rings. The second-order valence-corrected chi connectivity index (χ2v) is 5.92. The highest BCUT2D eigenvalue weighted by Gasteiger charge is 2.09. The second kappa shape index (κ2) is 9.20. The Labute approximate surface area is 123 Å². The number of aryl methyl sites for hydroxylation is 1. The first kappa shape index (κ1) is 16.3. The van der Waals surface area contributed by atoms with Gasteiger partial charge in [0.25, 0.3) is 0 Å². The maximum absolute atomic E-state index is 11.3. The molecule has 0 saturated heterocycles. The summed E-state index contributed by atoms with van der Waals surface area (Å²) in [4.78, 5) is 15.8. The van der Waals surface area contributed by atoms with Gasteiger partial charge in [0.1, 0.15) is 0 Å². The molecule has 1 atom stereocenters. The van der Waals surface area contributed by atoms with Crippen LogP contribution in [0.3, 0.4) is 0 Å². The fourth-order valence-corrected chi connectivity index (χ4v) is 3.13. The van der Waals surface area contributed by atoms with E-state index in [1.54, 1.807) is 11.3 Å². The van der Waals surface area contributed by atoms with E-state index >= 15 is 0 Å². The summed E-state index contributed by atoms with van der Waals surface area (Å²) in [6, 6.07) is 0.457. The lowest BCUT2D eigenvalue weighted by molar-refractivity contribution is -0.143. The van der Waals surface area contributed by atoms with E-state index in [1.165, 1.54) is 0 Å². The van der Waals surface area contributed by atoms with Gasteiger partial charge in [-0.25, -0.2) is 4.98 Å². The summed E-state index contributed by atoms with van der Waals surface area (Å²) >= 11 is 3.43. The van der Waals surface area contributed by atoms with Crippen molar-refractivity contribution in [2.75, 3.05) is 23.9 Å². The fraction of sp³-hybridized carbons (Fsp3) is 0.692. The summed E-state index contributed by atoms with van der Waals surface area (Å²) in [5, 5.41) is 6.38. The highest BCUT2D eigenvalue weighted by Crippen LogP contribution is 2.19. The zero-order valence-electron chi connectivity index (χ0n) is 11.8. The van der Waals surface area contributed by atoms with Gasteiger partial charge in [0, 0.05) is 23.6 Å². The molecule has 6 heteroatoms. The molecular formula is C13H22N2O2S2. The molecule has 19 heavy (non-hydrogen) atoms. The molecule has 0 fully saturated rings. The lowest BCUT2D eigenvalue weighted by atomic mass is 10.2. The lowest BCUT2D eigenvalue weighted by Gasteiger charge is -2.14.